The summed E-state index contributed by atoms with van der Waals surface area (Å²) in [5, 5.41) is 24.7. The summed E-state index contributed by atoms with van der Waals surface area (Å²) >= 11 is 0. The summed E-state index contributed by atoms with van der Waals surface area (Å²) in [4.78, 5) is 30.7. The van der Waals surface area contributed by atoms with E-state index in [1.54, 1.807) is 0 Å². The van der Waals surface area contributed by atoms with Crippen LogP contribution in [0, 0.1) is 0 Å². The SMILES string of the molecule is O=C(O)C(=O)/C=C(/C=C\O)C(=O)O. The second-order valence-corrected chi connectivity index (χ2v) is 1.89. The highest BCUT2D eigenvalue weighted by Gasteiger charge is 2.12. The average molecular weight is 186 g/mol. The van der Waals surface area contributed by atoms with E-state index in [1.165, 1.54) is 0 Å². The Morgan fingerprint density at radius 3 is 1.85 bits per heavy atom. The molecule has 0 heterocycles. The van der Waals surface area contributed by atoms with Crippen LogP contribution in [-0.2, 0) is 14.4 Å². The molecular formula is C7H6O6. The zero-order chi connectivity index (χ0) is 10.4. The van der Waals surface area contributed by atoms with Crippen molar-refractivity contribution in [2.24, 2.45) is 0 Å². The molecule has 0 aromatic rings. The van der Waals surface area contributed by atoms with Crippen molar-refractivity contribution in [1.29, 1.82) is 0 Å². The van der Waals surface area contributed by atoms with E-state index in [1.807, 2.05) is 0 Å². The Labute approximate surface area is 72.4 Å². The summed E-state index contributed by atoms with van der Waals surface area (Å²) in [6.07, 6.45) is 1.50. The standard InChI is InChI=1S/C7H6O6/c8-2-1-4(6(10)11)3-5(9)7(12)13/h1-3,8H,(H,10,11)(H,12,13)/b2-1-,4-3-. The maximum atomic E-state index is 10.5. The molecule has 0 aromatic carbocycles. The largest absolute Gasteiger partial charge is 0.516 e. The van der Waals surface area contributed by atoms with Gasteiger partial charge in [0.15, 0.2) is 0 Å². The number of carbonyl (C=O) groups is 3. The van der Waals surface area contributed by atoms with E-state index < -0.39 is 23.3 Å². The van der Waals surface area contributed by atoms with Crippen molar-refractivity contribution >= 4 is 17.7 Å². The number of aliphatic hydroxyl groups is 1. The van der Waals surface area contributed by atoms with Gasteiger partial charge < -0.3 is 15.3 Å². The molecule has 0 saturated carbocycles. The average Bonchev–Trinajstić information content (AvgIpc) is 2.03. The van der Waals surface area contributed by atoms with Gasteiger partial charge in [-0.15, -0.1) is 0 Å². The summed E-state index contributed by atoms with van der Waals surface area (Å²) in [5.74, 6) is -4.62. The van der Waals surface area contributed by atoms with Gasteiger partial charge in [-0.05, 0) is 6.08 Å². The second-order valence-electron chi connectivity index (χ2n) is 1.89. The number of ketones is 1. The first kappa shape index (κ1) is 10.9. The Morgan fingerprint density at radius 2 is 1.54 bits per heavy atom. The lowest BCUT2D eigenvalue weighted by molar-refractivity contribution is -0.146. The molecule has 0 rings (SSSR count). The molecule has 0 radical (unpaired) electrons. The summed E-state index contributed by atoms with van der Waals surface area (Å²) in [7, 11) is 0. The van der Waals surface area contributed by atoms with Crippen LogP contribution < -0.4 is 0 Å². The zero-order valence-corrected chi connectivity index (χ0v) is 6.30. The Balaban J connectivity index is 4.84. The van der Waals surface area contributed by atoms with Crippen LogP contribution in [0.5, 0.6) is 0 Å². The number of carboxylic acid groups (broad SMARTS) is 2. The third-order valence-corrected chi connectivity index (χ3v) is 0.998. The van der Waals surface area contributed by atoms with Gasteiger partial charge in [0.05, 0.1) is 11.8 Å². The highest BCUT2D eigenvalue weighted by molar-refractivity contribution is 6.38. The highest BCUT2D eigenvalue weighted by Crippen LogP contribution is 1.97. The molecule has 0 spiro atoms. The van der Waals surface area contributed by atoms with Crippen LogP contribution in [0.15, 0.2) is 24.0 Å². The normalized spacial score (nSPS) is 11.5. The maximum absolute atomic E-state index is 10.5. The number of carbonyl (C=O) groups excluding carboxylic acids is 1. The smallest absolute Gasteiger partial charge is 0.376 e. The minimum absolute atomic E-state index is 0.398. The molecule has 0 aliphatic rings. The Bertz CT molecular complexity index is 298. The number of aliphatic hydroxyl groups excluding tert-OH is 1. The van der Waals surface area contributed by atoms with Gasteiger partial charge >= 0.3 is 11.9 Å². The van der Waals surface area contributed by atoms with Crippen LogP contribution in [0.1, 0.15) is 0 Å². The highest BCUT2D eigenvalue weighted by atomic mass is 16.4. The van der Waals surface area contributed by atoms with Crippen LogP contribution in [0.2, 0.25) is 0 Å². The number of hydrogen-bond donors (Lipinski definition) is 3. The van der Waals surface area contributed by atoms with Gasteiger partial charge in [-0.25, -0.2) is 9.59 Å². The third-order valence-electron chi connectivity index (χ3n) is 0.998. The lowest BCUT2D eigenvalue weighted by Gasteiger charge is -1.91. The van der Waals surface area contributed by atoms with Crippen LogP contribution >= 0.6 is 0 Å². The zero-order valence-electron chi connectivity index (χ0n) is 6.30. The minimum atomic E-state index is -1.76. The number of carboxylic acids is 2. The van der Waals surface area contributed by atoms with Gasteiger partial charge in [-0.1, -0.05) is 0 Å². The second kappa shape index (κ2) is 4.70. The molecule has 13 heavy (non-hydrogen) atoms. The van der Waals surface area contributed by atoms with Crippen molar-refractivity contribution in [3.8, 4) is 0 Å². The lowest BCUT2D eigenvalue weighted by atomic mass is 10.2. The van der Waals surface area contributed by atoms with E-state index in [2.05, 4.69) is 0 Å². The molecule has 3 N–H and O–H groups in total. The van der Waals surface area contributed by atoms with Crippen LogP contribution in [-0.4, -0.2) is 33.0 Å². The van der Waals surface area contributed by atoms with Crippen molar-refractivity contribution in [2.75, 3.05) is 0 Å². The van der Waals surface area contributed by atoms with E-state index in [9.17, 15) is 14.4 Å². The number of aliphatic carboxylic acids is 2. The number of rotatable bonds is 4. The molecule has 0 saturated heterocycles. The maximum Gasteiger partial charge on any atom is 0.376 e. The molecule has 0 aliphatic heterocycles. The van der Waals surface area contributed by atoms with Gasteiger partial charge in [0.25, 0.3) is 5.78 Å². The summed E-state index contributed by atoms with van der Waals surface area (Å²) in [6, 6.07) is 0. The molecular weight excluding hydrogens is 180 g/mol. The first-order chi connectivity index (χ1) is 5.99. The lowest BCUT2D eigenvalue weighted by Crippen LogP contribution is -2.11. The van der Waals surface area contributed by atoms with E-state index >= 15 is 0 Å². The fourth-order valence-corrected chi connectivity index (χ4v) is 0.464. The minimum Gasteiger partial charge on any atom is -0.516 e. The first-order valence-corrected chi connectivity index (χ1v) is 3.02. The molecule has 6 heteroatoms. The molecule has 0 aliphatic carbocycles. The van der Waals surface area contributed by atoms with Crippen molar-refractivity contribution in [2.45, 2.75) is 0 Å². The summed E-state index contributed by atoms with van der Waals surface area (Å²) < 4.78 is 0. The predicted octanol–water partition coefficient (Wildman–Crippen LogP) is -0.277. The fourth-order valence-electron chi connectivity index (χ4n) is 0.464. The van der Waals surface area contributed by atoms with Crippen molar-refractivity contribution in [3.05, 3.63) is 24.0 Å². The van der Waals surface area contributed by atoms with Crippen LogP contribution in [0.25, 0.3) is 0 Å². The molecule has 0 aromatic heterocycles. The van der Waals surface area contributed by atoms with Gasteiger partial charge in [-0.3, -0.25) is 4.79 Å². The van der Waals surface area contributed by atoms with Crippen LogP contribution in [0.3, 0.4) is 0 Å². The monoisotopic (exact) mass is 186 g/mol. The third kappa shape index (κ3) is 3.71. The topological polar surface area (TPSA) is 112 Å². The summed E-state index contributed by atoms with van der Waals surface area (Å²) in [6.45, 7) is 0. The molecule has 0 bridgehead atoms. The molecule has 70 valence electrons. The predicted molar refractivity (Wildman–Crippen MR) is 40.1 cm³/mol. The quantitative estimate of drug-likeness (QED) is 0.241. The van der Waals surface area contributed by atoms with E-state index in [4.69, 9.17) is 15.3 Å². The van der Waals surface area contributed by atoms with Gasteiger partial charge in [0.2, 0.25) is 0 Å². The van der Waals surface area contributed by atoms with Crippen molar-refractivity contribution < 1.29 is 29.7 Å². The van der Waals surface area contributed by atoms with Gasteiger partial charge in [-0.2, -0.15) is 0 Å². The van der Waals surface area contributed by atoms with Crippen LogP contribution in [0.4, 0.5) is 0 Å². The molecule has 0 fully saturated rings. The van der Waals surface area contributed by atoms with Crippen molar-refractivity contribution in [1.82, 2.24) is 0 Å². The van der Waals surface area contributed by atoms with E-state index in [0.717, 1.165) is 0 Å². The molecule has 6 nitrogen and oxygen atoms in total. The van der Waals surface area contributed by atoms with E-state index in [-0.39, 0.29) is 0 Å². The Hall–Kier alpha value is -2.11. The van der Waals surface area contributed by atoms with Crippen molar-refractivity contribution in [3.63, 3.8) is 0 Å². The van der Waals surface area contributed by atoms with Gasteiger partial charge in [0.1, 0.15) is 0 Å². The van der Waals surface area contributed by atoms with E-state index in [0.29, 0.717) is 18.4 Å². The molecule has 0 atom stereocenters. The van der Waals surface area contributed by atoms with Gasteiger partial charge in [0, 0.05) is 6.08 Å². The summed E-state index contributed by atoms with van der Waals surface area (Å²) in [5.41, 5.74) is -0.602. The number of hydrogen-bond acceptors (Lipinski definition) is 4. The molecule has 0 unspecified atom stereocenters. The fraction of sp³-hybridized carbons (Fsp3) is 0. The first-order valence-electron chi connectivity index (χ1n) is 3.02. The Morgan fingerprint density at radius 1 is 1.00 bits per heavy atom. The Kier molecular flexibility index (Phi) is 3.94. The molecule has 0 amide bonds.